The monoisotopic (exact) mass is 194 g/mol. The van der Waals surface area contributed by atoms with Gasteiger partial charge in [-0.25, -0.2) is 14.2 Å². The molecule has 5 heteroatoms. The van der Waals surface area contributed by atoms with E-state index in [2.05, 4.69) is 9.97 Å². The van der Waals surface area contributed by atoms with E-state index in [1.807, 2.05) is 0 Å². The van der Waals surface area contributed by atoms with Crippen LogP contribution in [-0.4, -0.2) is 18.7 Å². The summed E-state index contributed by atoms with van der Waals surface area (Å²) < 4.78 is 19.5. The van der Waals surface area contributed by atoms with Crippen molar-refractivity contribution in [2.75, 3.05) is 0 Å². The highest BCUT2D eigenvalue weighted by atomic mass is 32.2. The van der Waals surface area contributed by atoms with Gasteiger partial charge < -0.3 is 4.55 Å². The second kappa shape index (κ2) is 3.20. The summed E-state index contributed by atoms with van der Waals surface area (Å²) in [6, 6.07) is 4.87. The Balaban J connectivity index is 2.69. The van der Waals surface area contributed by atoms with Crippen LogP contribution in [-0.2, 0) is 11.1 Å². The van der Waals surface area contributed by atoms with E-state index in [1.165, 1.54) is 6.33 Å². The Bertz CT molecular complexity index is 472. The summed E-state index contributed by atoms with van der Waals surface area (Å²) >= 11 is -1.94. The van der Waals surface area contributed by atoms with E-state index in [-0.39, 0.29) is 0 Å². The van der Waals surface area contributed by atoms with Gasteiger partial charge in [0.2, 0.25) is 0 Å². The Morgan fingerprint density at radius 3 is 3.00 bits per heavy atom. The van der Waals surface area contributed by atoms with Crippen LogP contribution in [0.3, 0.4) is 0 Å². The van der Waals surface area contributed by atoms with Gasteiger partial charge in [0.05, 0.1) is 10.4 Å². The van der Waals surface area contributed by atoms with Gasteiger partial charge >= 0.3 is 0 Å². The summed E-state index contributed by atoms with van der Waals surface area (Å²) in [5, 5.41) is 0.766. The maximum atomic E-state index is 10.7. The molecule has 2 rings (SSSR count). The van der Waals surface area contributed by atoms with Crippen LogP contribution in [0.2, 0.25) is 0 Å². The molecule has 1 aromatic heterocycles. The van der Waals surface area contributed by atoms with Gasteiger partial charge in [-0.3, -0.25) is 0 Å². The molecule has 1 N–H and O–H groups in total. The molecule has 66 valence electrons. The topological polar surface area (TPSA) is 63.1 Å². The summed E-state index contributed by atoms with van der Waals surface area (Å²) in [5.74, 6) is 0. The van der Waals surface area contributed by atoms with Gasteiger partial charge in [0.15, 0.2) is 11.1 Å². The number of fused-ring (bicyclic) bond motifs is 1. The first-order chi connectivity index (χ1) is 6.27. The highest BCUT2D eigenvalue weighted by Gasteiger charge is 2.01. The van der Waals surface area contributed by atoms with E-state index in [1.54, 1.807) is 24.4 Å². The zero-order chi connectivity index (χ0) is 9.26. The van der Waals surface area contributed by atoms with Crippen LogP contribution in [0.15, 0.2) is 35.6 Å². The standard InChI is InChI=1S/C8H6N2O2S/c11-13(12)7-1-2-8-6(3-7)4-9-5-10-8/h1-5H,(H,11,12). The molecule has 13 heavy (non-hydrogen) atoms. The van der Waals surface area contributed by atoms with Crippen LogP contribution < -0.4 is 0 Å². The van der Waals surface area contributed by atoms with Crippen molar-refractivity contribution in [2.24, 2.45) is 0 Å². The fourth-order valence-electron chi connectivity index (χ4n) is 1.07. The number of benzene rings is 1. The normalized spacial score (nSPS) is 13.0. The largest absolute Gasteiger partial charge is 0.302 e. The minimum Gasteiger partial charge on any atom is -0.302 e. The first kappa shape index (κ1) is 8.28. The average Bonchev–Trinajstić information content (AvgIpc) is 2.17. The van der Waals surface area contributed by atoms with E-state index >= 15 is 0 Å². The number of nitrogens with zero attached hydrogens (tertiary/aromatic N) is 2. The fourth-order valence-corrected chi connectivity index (χ4v) is 1.48. The summed E-state index contributed by atoms with van der Waals surface area (Å²) in [5.41, 5.74) is 0.768. The molecular weight excluding hydrogens is 188 g/mol. The second-order valence-electron chi connectivity index (χ2n) is 2.49. The maximum absolute atomic E-state index is 10.7. The van der Waals surface area contributed by atoms with Crippen LogP contribution in [0.5, 0.6) is 0 Å². The summed E-state index contributed by atoms with van der Waals surface area (Å²) in [6.45, 7) is 0. The Kier molecular flexibility index (Phi) is 2.03. The van der Waals surface area contributed by atoms with Gasteiger partial charge in [-0.15, -0.1) is 0 Å². The molecule has 0 saturated carbocycles. The minimum absolute atomic E-state index is 0.363. The summed E-state index contributed by atoms with van der Waals surface area (Å²) in [4.78, 5) is 8.17. The summed E-state index contributed by atoms with van der Waals surface area (Å²) in [6.07, 6.45) is 3.05. The third-order valence-electron chi connectivity index (χ3n) is 1.68. The van der Waals surface area contributed by atoms with Crippen molar-refractivity contribution in [3.8, 4) is 0 Å². The maximum Gasteiger partial charge on any atom is 0.186 e. The molecule has 1 aromatic carbocycles. The molecule has 0 spiro atoms. The number of hydrogen-bond donors (Lipinski definition) is 1. The molecule has 0 aliphatic rings. The Morgan fingerprint density at radius 1 is 1.38 bits per heavy atom. The third kappa shape index (κ3) is 1.56. The zero-order valence-corrected chi connectivity index (χ0v) is 7.36. The highest BCUT2D eigenvalue weighted by Crippen LogP contribution is 2.13. The lowest BCUT2D eigenvalue weighted by Crippen LogP contribution is -1.88. The first-order valence-corrected chi connectivity index (χ1v) is 4.69. The quantitative estimate of drug-likeness (QED) is 0.693. The predicted octanol–water partition coefficient (Wildman–Crippen LogP) is 1.21. The van der Waals surface area contributed by atoms with Crippen LogP contribution in [0.25, 0.3) is 10.9 Å². The smallest absolute Gasteiger partial charge is 0.186 e. The first-order valence-electron chi connectivity index (χ1n) is 3.58. The van der Waals surface area contributed by atoms with Gasteiger partial charge in [0.1, 0.15) is 6.33 Å². The van der Waals surface area contributed by atoms with Gasteiger partial charge in [-0.1, -0.05) is 0 Å². The van der Waals surface area contributed by atoms with E-state index in [9.17, 15) is 4.21 Å². The molecule has 0 fully saturated rings. The Labute approximate surface area is 76.9 Å². The Morgan fingerprint density at radius 2 is 2.23 bits per heavy atom. The molecule has 0 amide bonds. The SMILES string of the molecule is O=S(O)c1ccc2ncncc2c1. The average molecular weight is 194 g/mol. The van der Waals surface area contributed by atoms with Crippen molar-refractivity contribution in [2.45, 2.75) is 4.90 Å². The number of aromatic nitrogens is 2. The van der Waals surface area contributed by atoms with Crippen LogP contribution in [0.1, 0.15) is 0 Å². The van der Waals surface area contributed by atoms with E-state index < -0.39 is 11.1 Å². The number of rotatable bonds is 1. The highest BCUT2D eigenvalue weighted by molar-refractivity contribution is 7.79. The van der Waals surface area contributed by atoms with Crippen molar-refractivity contribution in [1.29, 1.82) is 0 Å². The van der Waals surface area contributed by atoms with Gasteiger partial charge in [-0.05, 0) is 18.2 Å². The molecule has 0 saturated heterocycles. The molecule has 0 radical (unpaired) electrons. The zero-order valence-electron chi connectivity index (χ0n) is 6.54. The third-order valence-corrected chi connectivity index (χ3v) is 2.33. The minimum atomic E-state index is -1.94. The molecule has 2 aromatic rings. The van der Waals surface area contributed by atoms with Crippen molar-refractivity contribution < 1.29 is 8.76 Å². The van der Waals surface area contributed by atoms with Crippen LogP contribution in [0, 0.1) is 0 Å². The molecule has 1 atom stereocenters. The lowest BCUT2D eigenvalue weighted by atomic mass is 10.2. The lowest BCUT2D eigenvalue weighted by Gasteiger charge is -1.97. The van der Waals surface area contributed by atoms with Crippen molar-refractivity contribution in [3.63, 3.8) is 0 Å². The van der Waals surface area contributed by atoms with Crippen LogP contribution in [0.4, 0.5) is 0 Å². The van der Waals surface area contributed by atoms with Crippen LogP contribution >= 0.6 is 0 Å². The second-order valence-corrected chi connectivity index (χ2v) is 3.46. The summed E-state index contributed by atoms with van der Waals surface area (Å²) in [7, 11) is 0. The van der Waals surface area contributed by atoms with Crippen molar-refractivity contribution in [3.05, 3.63) is 30.7 Å². The molecule has 1 unspecified atom stereocenters. The molecule has 0 aliphatic heterocycles. The predicted molar refractivity (Wildman–Crippen MR) is 48.6 cm³/mol. The van der Waals surface area contributed by atoms with E-state index in [0.29, 0.717) is 4.90 Å². The molecule has 0 aliphatic carbocycles. The van der Waals surface area contributed by atoms with Gasteiger partial charge in [0, 0.05) is 11.6 Å². The molecular formula is C8H6N2O2S. The molecule has 0 bridgehead atoms. The van der Waals surface area contributed by atoms with E-state index in [0.717, 1.165) is 10.9 Å². The Hall–Kier alpha value is -1.33. The molecule has 4 nitrogen and oxygen atoms in total. The van der Waals surface area contributed by atoms with E-state index in [4.69, 9.17) is 4.55 Å². The van der Waals surface area contributed by atoms with Crippen molar-refractivity contribution >= 4 is 22.0 Å². The number of hydrogen-bond acceptors (Lipinski definition) is 3. The fraction of sp³-hybridized carbons (Fsp3) is 0. The van der Waals surface area contributed by atoms with Gasteiger partial charge in [-0.2, -0.15) is 0 Å². The van der Waals surface area contributed by atoms with Crippen molar-refractivity contribution in [1.82, 2.24) is 9.97 Å². The molecule has 1 heterocycles. The lowest BCUT2D eigenvalue weighted by molar-refractivity contribution is 0.564. The van der Waals surface area contributed by atoms with Gasteiger partial charge in [0.25, 0.3) is 0 Å².